The number of sulfone groups is 1. The SMILES string of the molecule is O=S1(=O)CCN(c2ccc(/C=C3\CCCN=C3c3cccnc3)cc2)CC1. The Morgan fingerprint density at radius 2 is 1.81 bits per heavy atom. The summed E-state index contributed by atoms with van der Waals surface area (Å²) in [5.41, 5.74) is 5.56. The number of aliphatic imine (C=N–C) groups is 1. The Morgan fingerprint density at radius 1 is 1.04 bits per heavy atom. The molecule has 1 aromatic heterocycles. The molecule has 1 fully saturated rings. The zero-order valence-electron chi connectivity index (χ0n) is 15.2. The Labute approximate surface area is 160 Å². The minimum Gasteiger partial charge on any atom is -0.369 e. The summed E-state index contributed by atoms with van der Waals surface area (Å²) in [6.07, 6.45) is 7.93. The van der Waals surface area contributed by atoms with Gasteiger partial charge < -0.3 is 4.90 Å². The average molecular weight is 382 g/mol. The van der Waals surface area contributed by atoms with Crippen molar-refractivity contribution in [2.24, 2.45) is 4.99 Å². The lowest BCUT2D eigenvalue weighted by Crippen LogP contribution is -2.40. The predicted molar refractivity (Wildman–Crippen MR) is 110 cm³/mol. The van der Waals surface area contributed by atoms with E-state index in [1.165, 1.54) is 5.57 Å². The van der Waals surface area contributed by atoms with E-state index in [-0.39, 0.29) is 11.5 Å². The normalized spacial score (nSPS) is 21.1. The van der Waals surface area contributed by atoms with Gasteiger partial charge in [-0.15, -0.1) is 0 Å². The van der Waals surface area contributed by atoms with E-state index in [0.717, 1.165) is 41.9 Å². The fourth-order valence-electron chi connectivity index (χ4n) is 3.55. The zero-order valence-corrected chi connectivity index (χ0v) is 16.0. The molecular weight excluding hydrogens is 358 g/mol. The number of rotatable bonds is 3. The lowest BCUT2D eigenvalue weighted by Gasteiger charge is -2.28. The van der Waals surface area contributed by atoms with Crippen LogP contribution in [0.4, 0.5) is 5.69 Å². The second-order valence-corrected chi connectivity index (χ2v) is 9.28. The molecule has 1 aromatic carbocycles. The zero-order chi connectivity index (χ0) is 18.7. The first kappa shape index (κ1) is 17.9. The number of hydrogen-bond acceptors (Lipinski definition) is 5. The first-order valence-corrected chi connectivity index (χ1v) is 11.1. The molecule has 2 aromatic rings. The van der Waals surface area contributed by atoms with E-state index in [4.69, 9.17) is 4.99 Å². The van der Waals surface area contributed by atoms with E-state index in [2.05, 4.69) is 46.3 Å². The molecule has 0 unspecified atom stereocenters. The predicted octanol–water partition coefficient (Wildman–Crippen LogP) is 2.98. The fourth-order valence-corrected chi connectivity index (χ4v) is 4.75. The van der Waals surface area contributed by atoms with Crippen molar-refractivity contribution in [2.45, 2.75) is 12.8 Å². The Bertz CT molecular complexity index is 950. The fraction of sp³-hybridized carbons (Fsp3) is 0.333. The molecule has 0 spiro atoms. The maximum Gasteiger partial charge on any atom is 0.153 e. The van der Waals surface area contributed by atoms with Crippen molar-refractivity contribution in [2.75, 3.05) is 36.0 Å². The van der Waals surface area contributed by atoms with Gasteiger partial charge in [-0.05, 0) is 54.3 Å². The van der Waals surface area contributed by atoms with Crippen LogP contribution in [-0.4, -0.2) is 50.3 Å². The second-order valence-electron chi connectivity index (χ2n) is 6.98. The number of nitrogens with zero attached hydrogens (tertiary/aromatic N) is 3. The molecule has 1 saturated heterocycles. The van der Waals surface area contributed by atoms with Crippen LogP contribution in [0.15, 0.2) is 59.4 Å². The minimum atomic E-state index is -2.85. The van der Waals surface area contributed by atoms with E-state index in [0.29, 0.717) is 13.1 Å². The third kappa shape index (κ3) is 4.27. The number of allylic oxidation sites excluding steroid dienone is 1. The van der Waals surface area contributed by atoms with Gasteiger partial charge in [-0.1, -0.05) is 12.1 Å². The summed E-state index contributed by atoms with van der Waals surface area (Å²) in [7, 11) is -2.85. The summed E-state index contributed by atoms with van der Waals surface area (Å²) in [6, 6.07) is 12.3. The molecule has 0 saturated carbocycles. The highest BCUT2D eigenvalue weighted by Crippen LogP contribution is 2.24. The van der Waals surface area contributed by atoms with Crippen LogP contribution >= 0.6 is 0 Å². The molecule has 140 valence electrons. The summed E-state index contributed by atoms with van der Waals surface area (Å²) < 4.78 is 23.2. The number of anilines is 1. The van der Waals surface area contributed by atoms with Crippen LogP contribution in [0.3, 0.4) is 0 Å². The quantitative estimate of drug-likeness (QED) is 0.820. The molecular formula is C21H23N3O2S. The highest BCUT2D eigenvalue weighted by molar-refractivity contribution is 7.91. The van der Waals surface area contributed by atoms with E-state index in [1.54, 1.807) is 6.20 Å². The Morgan fingerprint density at radius 3 is 2.52 bits per heavy atom. The van der Waals surface area contributed by atoms with Gasteiger partial charge in [-0.3, -0.25) is 9.98 Å². The molecule has 0 atom stereocenters. The van der Waals surface area contributed by atoms with Gasteiger partial charge in [0.25, 0.3) is 0 Å². The van der Waals surface area contributed by atoms with Gasteiger partial charge in [0.2, 0.25) is 0 Å². The highest BCUT2D eigenvalue weighted by Gasteiger charge is 2.21. The molecule has 0 aliphatic carbocycles. The second kappa shape index (κ2) is 7.64. The first-order valence-electron chi connectivity index (χ1n) is 9.32. The van der Waals surface area contributed by atoms with Crippen LogP contribution in [0.2, 0.25) is 0 Å². The molecule has 3 heterocycles. The van der Waals surface area contributed by atoms with E-state index in [9.17, 15) is 8.42 Å². The van der Waals surface area contributed by atoms with Gasteiger partial charge in [0.05, 0.1) is 17.2 Å². The van der Waals surface area contributed by atoms with Crippen LogP contribution in [0.1, 0.15) is 24.0 Å². The third-order valence-corrected chi connectivity index (χ3v) is 6.67. The molecule has 2 aliphatic rings. The summed E-state index contributed by atoms with van der Waals surface area (Å²) >= 11 is 0. The molecule has 0 bridgehead atoms. The highest BCUT2D eigenvalue weighted by atomic mass is 32.2. The van der Waals surface area contributed by atoms with Gasteiger partial charge in [-0.25, -0.2) is 8.42 Å². The van der Waals surface area contributed by atoms with Crippen molar-refractivity contribution in [1.29, 1.82) is 0 Å². The van der Waals surface area contributed by atoms with Gasteiger partial charge in [-0.2, -0.15) is 0 Å². The Balaban J connectivity index is 1.53. The summed E-state index contributed by atoms with van der Waals surface area (Å²) in [5, 5.41) is 0. The molecule has 0 radical (unpaired) electrons. The number of aromatic nitrogens is 1. The van der Waals surface area contributed by atoms with Crippen molar-refractivity contribution in [3.8, 4) is 0 Å². The molecule has 6 heteroatoms. The lowest BCUT2D eigenvalue weighted by molar-refractivity contribution is 0.587. The first-order chi connectivity index (χ1) is 13.1. The maximum absolute atomic E-state index is 11.6. The Hall–Kier alpha value is -2.47. The van der Waals surface area contributed by atoms with Gasteiger partial charge >= 0.3 is 0 Å². The van der Waals surface area contributed by atoms with Gasteiger partial charge in [0.1, 0.15) is 0 Å². The van der Waals surface area contributed by atoms with Crippen molar-refractivity contribution in [3.05, 3.63) is 65.5 Å². The van der Waals surface area contributed by atoms with Crippen molar-refractivity contribution in [3.63, 3.8) is 0 Å². The van der Waals surface area contributed by atoms with Crippen LogP contribution in [0.25, 0.3) is 6.08 Å². The smallest absolute Gasteiger partial charge is 0.153 e. The van der Waals surface area contributed by atoms with Crippen LogP contribution < -0.4 is 4.90 Å². The largest absolute Gasteiger partial charge is 0.369 e. The van der Waals surface area contributed by atoms with Crippen LogP contribution in [0, 0.1) is 0 Å². The van der Waals surface area contributed by atoms with Crippen LogP contribution in [0.5, 0.6) is 0 Å². The van der Waals surface area contributed by atoms with E-state index in [1.807, 2.05) is 12.3 Å². The Kier molecular flexibility index (Phi) is 5.07. The van der Waals surface area contributed by atoms with Gasteiger partial charge in [0, 0.05) is 43.3 Å². The summed E-state index contributed by atoms with van der Waals surface area (Å²) in [6.45, 7) is 2.00. The van der Waals surface area contributed by atoms with E-state index < -0.39 is 9.84 Å². The molecule has 27 heavy (non-hydrogen) atoms. The van der Waals surface area contributed by atoms with Crippen molar-refractivity contribution < 1.29 is 8.42 Å². The lowest BCUT2D eigenvalue weighted by atomic mass is 9.95. The van der Waals surface area contributed by atoms with Crippen LogP contribution in [-0.2, 0) is 9.84 Å². The standard InChI is InChI=1S/C21H23N3O2S/c25-27(26)13-11-24(12-14-27)20-7-5-17(6-8-20)15-18-3-2-10-23-21(18)19-4-1-9-22-16-19/h1,4-9,15-16H,2-3,10-14H2/b18-15+. The topological polar surface area (TPSA) is 62.6 Å². The third-order valence-electron chi connectivity index (χ3n) is 5.06. The summed E-state index contributed by atoms with van der Waals surface area (Å²) in [4.78, 5) is 11.1. The molecule has 2 aliphatic heterocycles. The van der Waals surface area contributed by atoms with E-state index >= 15 is 0 Å². The molecule has 0 amide bonds. The monoisotopic (exact) mass is 381 g/mol. The minimum absolute atomic E-state index is 0.240. The number of pyridine rings is 1. The maximum atomic E-state index is 11.6. The molecule has 0 N–H and O–H groups in total. The average Bonchev–Trinajstić information content (AvgIpc) is 2.70. The number of hydrogen-bond donors (Lipinski definition) is 0. The summed E-state index contributed by atoms with van der Waals surface area (Å²) in [5.74, 6) is 0.480. The van der Waals surface area contributed by atoms with Crippen molar-refractivity contribution in [1.82, 2.24) is 4.98 Å². The van der Waals surface area contributed by atoms with Gasteiger partial charge in [0.15, 0.2) is 9.84 Å². The molecule has 4 rings (SSSR count). The number of benzene rings is 1. The molecule has 5 nitrogen and oxygen atoms in total. The van der Waals surface area contributed by atoms with Crippen molar-refractivity contribution >= 4 is 27.3 Å².